The van der Waals surface area contributed by atoms with Crippen LogP contribution in [-0.4, -0.2) is 16.4 Å². The Bertz CT molecular complexity index is 3230. The van der Waals surface area contributed by atoms with Gasteiger partial charge in [0.25, 0.3) is 11.8 Å². The number of carbonyl (C=O) groups is 2. The van der Waals surface area contributed by atoms with Gasteiger partial charge in [-0.2, -0.15) is 10.5 Å². The van der Waals surface area contributed by atoms with Gasteiger partial charge in [-0.15, -0.1) is 0 Å². The third kappa shape index (κ3) is 5.62. The number of carbonyl (C=O) groups excluding carboxylic acids is 2. The van der Waals surface area contributed by atoms with Gasteiger partial charge in [0.2, 0.25) is 0 Å². The Hall–Kier alpha value is -8.32. The van der Waals surface area contributed by atoms with E-state index < -0.39 is 5.91 Å². The van der Waals surface area contributed by atoms with Crippen LogP contribution in [0.5, 0.6) is 0 Å². The highest BCUT2D eigenvalue weighted by Crippen LogP contribution is 2.46. The maximum atomic E-state index is 15.2. The Morgan fingerprint density at radius 1 is 0.417 bits per heavy atom. The molecule has 282 valence electrons. The van der Waals surface area contributed by atoms with Crippen LogP contribution in [0.2, 0.25) is 0 Å². The fourth-order valence-electron chi connectivity index (χ4n) is 8.95. The number of nitriles is 2. The number of anilines is 1. The quantitative estimate of drug-likeness (QED) is 0.157. The molecule has 6 nitrogen and oxygen atoms in total. The molecule has 2 amide bonds. The van der Waals surface area contributed by atoms with Crippen LogP contribution in [-0.2, 0) is 0 Å². The Morgan fingerprint density at radius 2 is 0.950 bits per heavy atom. The highest BCUT2D eigenvalue weighted by molar-refractivity contribution is 6.36. The van der Waals surface area contributed by atoms with Crippen molar-refractivity contribution in [3.63, 3.8) is 0 Å². The van der Waals surface area contributed by atoms with E-state index in [0.29, 0.717) is 33.6 Å². The van der Waals surface area contributed by atoms with Gasteiger partial charge in [0.05, 0.1) is 56.8 Å². The van der Waals surface area contributed by atoms with Crippen molar-refractivity contribution in [3.8, 4) is 62.3 Å². The van der Waals surface area contributed by atoms with E-state index in [1.165, 1.54) is 4.90 Å². The lowest BCUT2D eigenvalue weighted by Crippen LogP contribution is -2.30. The molecule has 2 heterocycles. The van der Waals surface area contributed by atoms with E-state index in [1.807, 2.05) is 147 Å². The van der Waals surface area contributed by atoms with E-state index >= 15 is 4.79 Å². The van der Waals surface area contributed by atoms with Gasteiger partial charge in [0.1, 0.15) is 0 Å². The molecule has 0 unspecified atom stereocenters. The van der Waals surface area contributed by atoms with Crippen molar-refractivity contribution < 1.29 is 9.59 Å². The number of aromatic nitrogens is 1. The Balaban J connectivity index is 1.23. The van der Waals surface area contributed by atoms with Crippen LogP contribution in [0.25, 0.3) is 72.0 Å². The molecule has 0 saturated carbocycles. The molecule has 1 aliphatic heterocycles. The fourth-order valence-corrected chi connectivity index (χ4v) is 8.95. The molecule has 0 N–H and O–H groups in total. The second-order valence-corrected chi connectivity index (χ2v) is 15.1. The van der Waals surface area contributed by atoms with Crippen molar-refractivity contribution in [1.29, 1.82) is 10.5 Å². The fraction of sp³-hybridized carbons (Fsp3) is 0.0370. The average molecular weight is 771 g/mol. The first-order valence-electron chi connectivity index (χ1n) is 19.7. The first kappa shape index (κ1) is 36.0. The van der Waals surface area contributed by atoms with E-state index in [9.17, 15) is 15.3 Å². The number of imide groups is 1. The largest absolute Gasteiger partial charge is 0.308 e. The summed E-state index contributed by atoms with van der Waals surface area (Å²) >= 11 is 0. The minimum absolute atomic E-state index is 0.326. The molecule has 60 heavy (non-hydrogen) atoms. The molecule has 0 spiro atoms. The van der Waals surface area contributed by atoms with E-state index in [0.717, 1.165) is 77.4 Å². The normalized spacial score (nSPS) is 12.2. The van der Waals surface area contributed by atoms with Crippen molar-refractivity contribution in [2.24, 2.45) is 0 Å². The summed E-state index contributed by atoms with van der Waals surface area (Å²) in [6.45, 7) is 4.03. The lowest BCUT2D eigenvalue weighted by Gasteiger charge is -2.20. The van der Waals surface area contributed by atoms with Crippen molar-refractivity contribution >= 4 is 39.3 Å². The molecular formula is C54H34N4O2. The molecule has 0 saturated heterocycles. The SMILES string of the molecule is Cc1cc(C#N)ccc1-c1cccc2c1c1c(-c3ccc(C#N)cc3C)cccc1n2-c1cccc2c1C(=O)N(c1ccc(-c3ccccc3)cc1-c1ccccc1)C2=O. The van der Waals surface area contributed by atoms with E-state index in [-0.39, 0.29) is 5.91 Å². The number of fused-ring (bicyclic) bond motifs is 4. The number of hydrogen-bond acceptors (Lipinski definition) is 4. The molecule has 1 aromatic heterocycles. The van der Waals surface area contributed by atoms with E-state index in [1.54, 1.807) is 6.07 Å². The van der Waals surface area contributed by atoms with Gasteiger partial charge in [0.15, 0.2) is 0 Å². The highest BCUT2D eigenvalue weighted by atomic mass is 16.2. The van der Waals surface area contributed by atoms with Crippen LogP contribution < -0.4 is 4.90 Å². The van der Waals surface area contributed by atoms with Gasteiger partial charge in [0, 0.05) is 16.3 Å². The Kier molecular flexibility index (Phi) is 8.56. The van der Waals surface area contributed by atoms with Crippen LogP contribution in [0.1, 0.15) is 43.0 Å². The maximum Gasteiger partial charge on any atom is 0.268 e. The van der Waals surface area contributed by atoms with Gasteiger partial charge in [-0.1, -0.05) is 109 Å². The molecular weight excluding hydrogens is 737 g/mol. The van der Waals surface area contributed by atoms with E-state index in [4.69, 9.17) is 0 Å². The molecule has 0 aliphatic carbocycles. The van der Waals surface area contributed by atoms with Crippen molar-refractivity contribution in [2.75, 3.05) is 4.90 Å². The molecule has 0 atom stereocenters. The number of benzene rings is 8. The van der Waals surface area contributed by atoms with Crippen molar-refractivity contribution in [2.45, 2.75) is 13.8 Å². The zero-order valence-corrected chi connectivity index (χ0v) is 32.8. The predicted octanol–water partition coefficient (Wildman–Crippen LogP) is 12.6. The summed E-state index contributed by atoms with van der Waals surface area (Å²) in [5, 5.41) is 21.3. The molecule has 0 fully saturated rings. The van der Waals surface area contributed by atoms with E-state index in [2.05, 4.69) is 47.0 Å². The Labute approximate surface area is 347 Å². The average Bonchev–Trinajstić information content (AvgIpc) is 3.77. The minimum Gasteiger partial charge on any atom is -0.308 e. The molecule has 1 aliphatic rings. The minimum atomic E-state index is -0.400. The third-order valence-corrected chi connectivity index (χ3v) is 11.7. The summed E-state index contributed by atoms with van der Waals surface area (Å²) in [4.78, 5) is 31.2. The lowest BCUT2D eigenvalue weighted by atomic mass is 9.91. The summed E-state index contributed by atoms with van der Waals surface area (Å²) in [6, 6.07) is 59.7. The first-order valence-corrected chi connectivity index (χ1v) is 19.7. The predicted molar refractivity (Wildman–Crippen MR) is 239 cm³/mol. The monoisotopic (exact) mass is 770 g/mol. The van der Waals surface area contributed by atoms with Gasteiger partial charge in [-0.05, 0) is 125 Å². The molecule has 9 aromatic rings. The summed E-state index contributed by atoms with van der Waals surface area (Å²) in [7, 11) is 0. The molecule has 10 rings (SSSR count). The number of nitrogens with zero attached hydrogens (tertiary/aromatic N) is 4. The van der Waals surface area contributed by atoms with Crippen molar-refractivity contribution in [1.82, 2.24) is 4.57 Å². The second kappa shape index (κ2) is 14.3. The molecule has 0 bridgehead atoms. The summed E-state index contributed by atoms with van der Waals surface area (Å²) in [5.41, 5.74) is 14.1. The Morgan fingerprint density at radius 3 is 1.50 bits per heavy atom. The highest BCUT2D eigenvalue weighted by Gasteiger charge is 2.40. The summed E-state index contributed by atoms with van der Waals surface area (Å²) < 4.78 is 2.11. The zero-order valence-electron chi connectivity index (χ0n) is 32.8. The summed E-state index contributed by atoms with van der Waals surface area (Å²) in [5.74, 6) is -0.784. The smallest absolute Gasteiger partial charge is 0.268 e. The lowest BCUT2D eigenvalue weighted by molar-refractivity contribution is 0.0926. The summed E-state index contributed by atoms with van der Waals surface area (Å²) in [6.07, 6.45) is 0. The van der Waals surface area contributed by atoms with Crippen LogP contribution in [0.3, 0.4) is 0 Å². The van der Waals surface area contributed by atoms with Crippen LogP contribution >= 0.6 is 0 Å². The number of hydrogen-bond donors (Lipinski definition) is 0. The number of amides is 2. The van der Waals surface area contributed by atoms with Crippen LogP contribution in [0.15, 0.2) is 170 Å². The number of rotatable bonds is 6. The molecule has 6 heteroatoms. The van der Waals surface area contributed by atoms with Crippen LogP contribution in [0.4, 0.5) is 5.69 Å². The standard InChI is InChI=1S/C54H34N4O2/c1-33-28-35(31-55)22-25-40(33)42-16-9-19-47-50(42)51-43(41-26-23-36(32-56)29-34(41)2)17-10-20-48(51)57(47)49-21-11-18-44-52(49)54(60)58(53(44)59)46-27-24-39(37-12-5-3-6-13-37)30-45(46)38-14-7-4-8-15-38/h3-30H,1-2H3. The van der Waals surface area contributed by atoms with Gasteiger partial charge < -0.3 is 4.57 Å². The first-order chi connectivity index (χ1) is 29.4. The zero-order chi connectivity index (χ0) is 41.1. The maximum absolute atomic E-state index is 15.2. The van der Waals surface area contributed by atoms with Gasteiger partial charge in [-0.3, -0.25) is 9.59 Å². The number of aryl methyl sites for hydroxylation is 2. The second-order valence-electron chi connectivity index (χ2n) is 15.1. The van der Waals surface area contributed by atoms with Crippen molar-refractivity contribution in [3.05, 3.63) is 203 Å². The molecule has 0 radical (unpaired) electrons. The van der Waals surface area contributed by atoms with Gasteiger partial charge >= 0.3 is 0 Å². The molecule has 8 aromatic carbocycles. The van der Waals surface area contributed by atoms with Gasteiger partial charge in [-0.25, -0.2) is 4.90 Å². The third-order valence-electron chi connectivity index (χ3n) is 11.7. The topological polar surface area (TPSA) is 89.9 Å². The van der Waals surface area contributed by atoms with Crippen LogP contribution in [0, 0.1) is 36.5 Å².